The molecule has 0 fully saturated rings. The van der Waals surface area contributed by atoms with E-state index in [0.29, 0.717) is 11.5 Å². The number of H-pyrrole nitrogens is 1. The van der Waals surface area contributed by atoms with Crippen LogP contribution >= 0.6 is 0 Å². The predicted molar refractivity (Wildman–Crippen MR) is 84.1 cm³/mol. The number of hydrogen-bond acceptors (Lipinski definition) is 3. The molecule has 0 aliphatic rings. The zero-order valence-electron chi connectivity index (χ0n) is 12.7. The van der Waals surface area contributed by atoms with Crippen LogP contribution in [0, 0.1) is 13.8 Å². The van der Waals surface area contributed by atoms with Crippen LogP contribution in [0.2, 0.25) is 0 Å². The third-order valence-electron chi connectivity index (χ3n) is 3.62. The van der Waals surface area contributed by atoms with Gasteiger partial charge in [0.2, 0.25) is 0 Å². The predicted octanol–water partition coefficient (Wildman–Crippen LogP) is 3.86. The van der Waals surface area contributed by atoms with Gasteiger partial charge in [-0.3, -0.25) is 0 Å². The van der Waals surface area contributed by atoms with E-state index in [-0.39, 0.29) is 0 Å². The minimum absolute atomic E-state index is 0.684. The summed E-state index contributed by atoms with van der Waals surface area (Å²) in [5.41, 5.74) is 5.35. The van der Waals surface area contributed by atoms with Gasteiger partial charge in [-0.15, -0.1) is 0 Å². The third-order valence-corrected chi connectivity index (χ3v) is 3.62. The SMILES string of the molecule is COc1cc2nc(-c3ccc(C)cc3C)[nH]c2cc1OC. The van der Waals surface area contributed by atoms with Gasteiger partial charge in [0.1, 0.15) is 5.82 Å². The Morgan fingerprint density at radius 2 is 1.67 bits per heavy atom. The molecule has 1 aromatic heterocycles. The highest BCUT2D eigenvalue weighted by Gasteiger charge is 2.12. The Kier molecular flexibility index (Phi) is 3.29. The molecular weight excluding hydrogens is 264 g/mol. The Labute approximate surface area is 123 Å². The van der Waals surface area contributed by atoms with Crippen molar-refractivity contribution in [2.75, 3.05) is 14.2 Å². The second-order valence-electron chi connectivity index (χ2n) is 5.13. The largest absolute Gasteiger partial charge is 0.493 e. The van der Waals surface area contributed by atoms with E-state index in [1.165, 1.54) is 11.1 Å². The van der Waals surface area contributed by atoms with Crippen LogP contribution in [0.25, 0.3) is 22.4 Å². The van der Waals surface area contributed by atoms with Crippen LogP contribution in [-0.4, -0.2) is 24.2 Å². The average Bonchev–Trinajstić information content (AvgIpc) is 2.87. The maximum atomic E-state index is 5.33. The van der Waals surface area contributed by atoms with Gasteiger partial charge in [-0.05, 0) is 19.4 Å². The summed E-state index contributed by atoms with van der Waals surface area (Å²) >= 11 is 0. The number of rotatable bonds is 3. The van der Waals surface area contributed by atoms with Gasteiger partial charge < -0.3 is 14.5 Å². The quantitative estimate of drug-likeness (QED) is 0.793. The fourth-order valence-corrected chi connectivity index (χ4v) is 2.54. The fraction of sp³-hybridized carbons (Fsp3) is 0.235. The maximum absolute atomic E-state index is 5.33. The summed E-state index contributed by atoms with van der Waals surface area (Å²) in [7, 11) is 3.26. The minimum Gasteiger partial charge on any atom is -0.493 e. The normalized spacial score (nSPS) is 10.9. The highest BCUT2D eigenvalue weighted by Crippen LogP contribution is 2.33. The van der Waals surface area contributed by atoms with Crippen LogP contribution in [-0.2, 0) is 0 Å². The number of methoxy groups -OCH3 is 2. The van der Waals surface area contributed by atoms with Crippen LogP contribution in [0.1, 0.15) is 11.1 Å². The summed E-state index contributed by atoms with van der Waals surface area (Å²) in [6.45, 7) is 4.18. The monoisotopic (exact) mass is 282 g/mol. The van der Waals surface area contributed by atoms with Crippen LogP contribution in [0.3, 0.4) is 0 Å². The number of nitrogens with zero attached hydrogens (tertiary/aromatic N) is 1. The summed E-state index contributed by atoms with van der Waals surface area (Å²) < 4.78 is 10.6. The second-order valence-corrected chi connectivity index (χ2v) is 5.13. The average molecular weight is 282 g/mol. The number of aromatic nitrogens is 2. The lowest BCUT2D eigenvalue weighted by Gasteiger charge is -2.06. The van der Waals surface area contributed by atoms with Crippen molar-refractivity contribution in [2.45, 2.75) is 13.8 Å². The molecule has 0 bridgehead atoms. The van der Waals surface area contributed by atoms with Crippen LogP contribution in [0.15, 0.2) is 30.3 Å². The smallest absolute Gasteiger partial charge is 0.163 e. The van der Waals surface area contributed by atoms with Crippen molar-refractivity contribution in [3.05, 3.63) is 41.5 Å². The number of ether oxygens (including phenoxy) is 2. The molecule has 1 heterocycles. The topological polar surface area (TPSA) is 47.1 Å². The van der Waals surface area contributed by atoms with Crippen molar-refractivity contribution in [2.24, 2.45) is 0 Å². The van der Waals surface area contributed by atoms with Gasteiger partial charge in [-0.2, -0.15) is 0 Å². The molecule has 0 aliphatic carbocycles. The van der Waals surface area contributed by atoms with E-state index in [1.54, 1.807) is 14.2 Å². The summed E-state index contributed by atoms with van der Waals surface area (Å²) in [4.78, 5) is 8.02. The zero-order chi connectivity index (χ0) is 15.0. The van der Waals surface area contributed by atoms with Gasteiger partial charge in [0.25, 0.3) is 0 Å². The molecule has 4 nitrogen and oxygen atoms in total. The summed E-state index contributed by atoms with van der Waals surface area (Å²) in [5, 5.41) is 0. The molecular formula is C17H18N2O2. The molecule has 0 spiro atoms. The molecule has 4 heteroatoms. The van der Waals surface area contributed by atoms with Gasteiger partial charge in [0.05, 0.1) is 25.3 Å². The molecule has 3 rings (SSSR count). The van der Waals surface area contributed by atoms with E-state index in [1.807, 2.05) is 12.1 Å². The summed E-state index contributed by atoms with van der Waals surface area (Å²) in [6, 6.07) is 10.1. The van der Waals surface area contributed by atoms with E-state index < -0.39 is 0 Å². The number of aromatic amines is 1. The van der Waals surface area contributed by atoms with E-state index in [4.69, 9.17) is 9.47 Å². The third kappa shape index (κ3) is 2.33. The summed E-state index contributed by atoms with van der Waals surface area (Å²) in [6.07, 6.45) is 0. The fourth-order valence-electron chi connectivity index (χ4n) is 2.54. The number of hydrogen-bond donors (Lipinski definition) is 1. The molecule has 0 saturated carbocycles. The highest BCUT2D eigenvalue weighted by molar-refractivity contribution is 5.83. The number of aryl methyl sites for hydroxylation is 2. The van der Waals surface area contributed by atoms with E-state index in [0.717, 1.165) is 22.4 Å². The highest BCUT2D eigenvalue weighted by atomic mass is 16.5. The van der Waals surface area contributed by atoms with Crippen molar-refractivity contribution in [1.29, 1.82) is 0 Å². The standard InChI is InChI=1S/C17H18N2O2/c1-10-5-6-12(11(2)7-10)17-18-13-8-15(20-3)16(21-4)9-14(13)19-17/h5-9H,1-4H3,(H,18,19). The van der Waals surface area contributed by atoms with Gasteiger partial charge >= 0.3 is 0 Å². The Morgan fingerprint density at radius 1 is 0.952 bits per heavy atom. The minimum atomic E-state index is 0.684. The second kappa shape index (κ2) is 5.13. The van der Waals surface area contributed by atoms with Crippen LogP contribution in [0.4, 0.5) is 0 Å². The molecule has 2 aromatic carbocycles. The number of imidazole rings is 1. The van der Waals surface area contributed by atoms with Gasteiger partial charge in [-0.25, -0.2) is 4.98 Å². The van der Waals surface area contributed by atoms with Crippen LogP contribution < -0.4 is 9.47 Å². The van der Waals surface area contributed by atoms with Gasteiger partial charge in [0.15, 0.2) is 11.5 Å². The lowest BCUT2D eigenvalue weighted by molar-refractivity contribution is 0.356. The first-order valence-electron chi connectivity index (χ1n) is 6.81. The van der Waals surface area contributed by atoms with Gasteiger partial charge in [0, 0.05) is 17.7 Å². The molecule has 0 saturated heterocycles. The molecule has 0 aliphatic heterocycles. The molecule has 0 radical (unpaired) electrons. The molecule has 108 valence electrons. The lowest BCUT2D eigenvalue weighted by atomic mass is 10.1. The van der Waals surface area contributed by atoms with Crippen molar-refractivity contribution < 1.29 is 9.47 Å². The number of benzene rings is 2. The Bertz CT molecular complexity index is 765. The molecule has 21 heavy (non-hydrogen) atoms. The Balaban J connectivity index is 2.16. The molecule has 3 aromatic rings. The molecule has 0 amide bonds. The molecule has 1 N–H and O–H groups in total. The van der Waals surface area contributed by atoms with Crippen molar-refractivity contribution in [3.63, 3.8) is 0 Å². The maximum Gasteiger partial charge on any atom is 0.163 e. The lowest BCUT2D eigenvalue weighted by Crippen LogP contribution is -1.89. The molecule has 0 atom stereocenters. The number of fused-ring (bicyclic) bond motifs is 1. The Morgan fingerprint density at radius 3 is 2.33 bits per heavy atom. The van der Waals surface area contributed by atoms with Crippen molar-refractivity contribution in [1.82, 2.24) is 9.97 Å². The van der Waals surface area contributed by atoms with E-state index in [2.05, 4.69) is 42.0 Å². The molecule has 0 unspecified atom stereocenters. The van der Waals surface area contributed by atoms with Crippen LogP contribution in [0.5, 0.6) is 11.5 Å². The Hall–Kier alpha value is -2.49. The summed E-state index contributed by atoms with van der Waals surface area (Å²) in [5.74, 6) is 2.24. The van der Waals surface area contributed by atoms with Crippen molar-refractivity contribution in [3.8, 4) is 22.9 Å². The first-order chi connectivity index (χ1) is 10.1. The first kappa shape index (κ1) is 13.5. The van der Waals surface area contributed by atoms with Crippen molar-refractivity contribution >= 4 is 11.0 Å². The van der Waals surface area contributed by atoms with E-state index >= 15 is 0 Å². The van der Waals surface area contributed by atoms with E-state index in [9.17, 15) is 0 Å². The number of nitrogens with one attached hydrogen (secondary N) is 1. The van der Waals surface area contributed by atoms with Gasteiger partial charge in [-0.1, -0.05) is 23.8 Å². The zero-order valence-corrected chi connectivity index (χ0v) is 12.7. The first-order valence-corrected chi connectivity index (χ1v) is 6.81.